The SMILES string of the molecule is COCCOc1ccc(C(=O)NNC(=O)COc2ccc([N+](=O)[O-])cc2)cc1. The Balaban J connectivity index is 1.74. The van der Waals surface area contributed by atoms with Crippen LogP contribution in [-0.2, 0) is 9.53 Å². The molecule has 2 amide bonds. The first-order chi connectivity index (χ1) is 13.5. The molecule has 0 heterocycles. The van der Waals surface area contributed by atoms with Crippen molar-refractivity contribution in [1.82, 2.24) is 10.9 Å². The van der Waals surface area contributed by atoms with E-state index in [0.717, 1.165) is 0 Å². The van der Waals surface area contributed by atoms with Crippen LogP contribution in [0.1, 0.15) is 10.4 Å². The molecule has 0 aliphatic rings. The standard InChI is InChI=1S/C18H19N3O7/c1-26-10-11-27-15-6-2-13(3-7-15)18(23)20-19-17(22)12-28-16-8-4-14(5-9-16)21(24)25/h2-9H,10-12H2,1H3,(H,19,22)(H,20,23). The number of methoxy groups -OCH3 is 1. The summed E-state index contributed by atoms with van der Waals surface area (Å²) in [4.78, 5) is 33.8. The molecule has 28 heavy (non-hydrogen) atoms. The molecular weight excluding hydrogens is 370 g/mol. The van der Waals surface area contributed by atoms with Crippen LogP contribution in [0.4, 0.5) is 5.69 Å². The van der Waals surface area contributed by atoms with Gasteiger partial charge in [-0.2, -0.15) is 0 Å². The van der Waals surface area contributed by atoms with Crippen molar-refractivity contribution in [3.63, 3.8) is 0 Å². The molecule has 2 N–H and O–H groups in total. The molecule has 0 radical (unpaired) electrons. The number of hydrazine groups is 1. The van der Waals surface area contributed by atoms with Gasteiger partial charge in [0, 0.05) is 24.8 Å². The maximum Gasteiger partial charge on any atom is 0.276 e. The highest BCUT2D eigenvalue weighted by Gasteiger charge is 2.09. The van der Waals surface area contributed by atoms with Gasteiger partial charge < -0.3 is 14.2 Å². The van der Waals surface area contributed by atoms with E-state index in [1.54, 1.807) is 31.4 Å². The zero-order valence-corrected chi connectivity index (χ0v) is 15.0. The van der Waals surface area contributed by atoms with E-state index in [1.807, 2.05) is 0 Å². The third-order valence-corrected chi connectivity index (χ3v) is 3.41. The van der Waals surface area contributed by atoms with Crippen molar-refractivity contribution in [2.24, 2.45) is 0 Å². The molecule has 2 aromatic rings. The van der Waals surface area contributed by atoms with Gasteiger partial charge in [-0.25, -0.2) is 0 Å². The number of carbonyl (C=O) groups excluding carboxylic acids is 2. The summed E-state index contributed by atoms with van der Waals surface area (Å²) in [6.07, 6.45) is 0. The van der Waals surface area contributed by atoms with E-state index in [2.05, 4.69) is 10.9 Å². The summed E-state index contributed by atoms with van der Waals surface area (Å²) in [5.74, 6) is -0.219. The van der Waals surface area contributed by atoms with Gasteiger partial charge in [0.2, 0.25) is 0 Å². The summed E-state index contributed by atoms with van der Waals surface area (Å²) in [6.45, 7) is 0.480. The van der Waals surface area contributed by atoms with Crippen molar-refractivity contribution in [1.29, 1.82) is 0 Å². The summed E-state index contributed by atoms with van der Waals surface area (Å²) >= 11 is 0. The van der Waals surface area contributed by atoms with Crippen molar-refractivity contribution in [2.75, 3.05) is 26.9 Å². The van der Waals surface area contributed by atoms with Crippen LogP contribution >= 0.6 is 0 Å². The van der Waals surface area contributed by atoms with Crippen molar-refractivity contribution >= 4 is 17.5 Å². The number of hydrogen-bond donors (Lipinski definition) is 2. The first-order valence-corrected chi connectivity index (χ1v) is 8.18. The van der Waals surface area contributed by atoms with Crippen LogP contribution in [0, 0.1) is 10.1 Å². The fraction of sp³-hybridized carbons (Fsp3) is 0.222. The van der Waals surface area contributed by atoms with Gasteiger partial charge in [0.05, 0.1) is 11.5 Å². The van der Waals surface area contributed by atoms with Crippen LogP contribution in [0.2, 0.25) is 0 Å². The van der Waals surface area contributed by atoms with Gasteiger partial charge in [0.1, 0.15) is 18.1 Å². The molecule has 0 atom stereocenters. The molecule has 0 saturated carbocycles. The minimum absolute atomic E-state index is 0.0841. The van der Waals surface area contributed by atoms with Crippen LogP contribution < -0.4 is 20.3 Å². The fourth-order valence-corrected chi connectivity index (χ4v) is 1.99. The summed E-state index contributed by atoms with van der Waals surface area (Å²) in [5.41, 5.74) is 4.73. The quantitative estimate of drug-likeness (QED) is 0.377. The lowest BCUT2D eigenvalue weighted by Gasteiger charge is -2.09. The summed E-state index contributed by atoms with van der Waals surface area (Å²) in [5, 5.41) is 10.6. The van der Waals surface area contributed by atoms with Gasteiger partial charge in [-0.15, -0.1) is 0 Å². The molecule has 0 saturated heterocycles. The Hall–Kier alpha value is -3.66. The maximum absolute atomic E-state index is 12.0. The number of nitrogens with one attached hydrogen (secondary N) is 2. The Kier molecular flexibility index (Phi) is 7.73. The zero-order valence-electron chi connectivity index (χ0n) is 15.0. The molecule has 2 aromatic carbocycles. The lowest BCUT2D eigenvalue weighted by atomic mass is 10.2. The number of amides is 2. The average Bonchev–Trinajstić information content (AvgIpc) is 2.71. The van der Waals surface area contributed by atoms with E-state index in [1.165, 1.54) is 24.3 Å². The van der Waals surface area contributed by atoms with Gasteiger partial charge in [-0.3, -0.25) is 30.6 Å². The van der Waals surface area contributed by atoms with E-state index in [-0.39, 0.29) is 18.0 Å². The summed E-state index contributed by atoms with van der Waals surface area (Å²) in [7, 11) is 1.57. The monoisotopic (exact) mass is 389 g/mol. The highest BCUT2D eigenvalue weighted by atomic mass is 16.6. The molecule has 0 bridgehead atoms. The minimum atomic E-state index is -0.591. The zero-order chi connectivity index (χ0) is 20.4. The Morgan fingerprint density at radius 3 is 2.14 bits per heavy atom. The van der Waals surface area contributed by atoms with Crippen LogP contribution in [0.3, 0.4) is 0 Å². The van der Waals surface area contributed by atoms with Crippen LogP contribution in [0.5, 0.6) is 11.5 Å². The summed E-state index contributed by atoms with van der Waals surface area (Å²) in [6, 6.07) is 11.6. The molecule has 10 nitrogen and oxygen atoms in total. The molecule has 0 aliphatic heterocycles. The van der Waals surface area contributed by atoms with Crippen molar-refractivity contribution in [3.05, 3.63) is 64.2 Å². The Morgan fingerprint density at radius 2 is 1.54 bits per heavy atom. The van der Waals surface area contributed by atoms with E-state index < -0.39 is 16.7 Å². The van der Waals surface area contributed by atoms with Crippen LogP contribution in [-0.4, -0.2) is 43.7 Å². The number of nitro groups is 1. The highest BCUT2D eigenvalue weighted by molar-refractivity contribution is 5.95. The van der Waals surface area contributed by atoms with Crippen molar-refractivity contribution in [3.8, 4) is 11.5 Å². The average molecular weight is 389 g/mol. The first-order valence-electron chi connectivity index (χ1n) is 8.18. The topological polar surface area (TPSA) is 129 Å². The lowest BCUT2D eigenvalue weighted by molar-refractivity contribution is -0.384. The fourth-order valence-electron chi connectivity index (χ4n) is 1.99. The molecule has 10 heteroatoms. The number of hydrogen-bond acceptors (Lipinski definition) is 7. The maximum atomic E-state index is 12.0. The second-order valence-corrected chi connectivity index (χ2v) is 5.41. The Morgan fingerprint density at radius 1 is 0.929 bits per heavy atom. The molecular formula is C18H19N3O7. The molecule has 148 valence electrons. The van der Waals surface area contributed by atoms with Crippen LogP contribution in [0.15, 0.2) is 48.5 Å². The Labute approximate surface area is 160 Å². The molecule has 0 fully saturated rings. The lowest BCUT2D eigenvalue weighted by Crippen LogP contribution is -2.43. The number of nitrogens with zero attached hydrogens (tertiary/aromatic N) is 1. The molecule has 0 aromatic heterocycles. The number of carbonyl (C=O) groups is 2. The first kappa shape index (κ1) is 20.6. The van der Waals surface area contributed by atoms with Gasteiger partial charge in [-0.1, -0.05) is 0 Å². The van der Waals surface area contributed by atoms with Gasteiger partial charge >= 0.3 is 0 Å². The molecule has 0 aliphatic carbocycles. The number of nitro benzene ring substituents is 1. The summed E-state index contributed by atoms with van der Waals surface area (Å²) < 4.78 is 15.5. The number of rotatable bonds is 9. The van der Waals surface area contributed by atoms with E-state index in [9.17, 15) is 19.7 Å². The van der Waals surface area contributed by atoms with Gasteiger partial charge in [0.15, 0.2) is 6.61 Å². The Bertz CT molecular complexity index is 807. The van der Waals surface area contributed by atoms with Crippen molar-refractivity contribution < 1.29 is 28.7 Å². The molecule has 0 unspecified atom stereocenters. The number of ether oxygens (including phenoxy) is 3. The van der Waals surface area contributed by atoms with Gasteiger partial charge in [-0.05, 0) is 36.4 Å². The normalized spacial score (nSPS) is 10.0. The second kappa shape index (κ2) is 10.5. The highest BCUT2D eigenvalue weighted by Crippen LogP contribution is 2.17. The minimum Gasteiger partial charge on any atom is -0.491 e. The van der Waals surface area contributed by atoms with Gasteiger partial charge in [0.25, 0.3) is 17.5 Å². The molecule has 2 rings (SSSR count). The van der Waals surface area contributed by atoms with Crippen LogP contribution in [0.25, 0.3) is 0 Å². The third kappa shape index (κ3) is 6.57. The van der Waals surface area contributed by atoms with Crippen molar-refractivity contribution in [2.45, 2.75) is 0 Å². The smallest absolute Gasteiger partial charge is 0.276 e. The third-order valence-electron chi connectivity index (χ3n) is 3.41. The van der Waals surface area contributed by atoms with E-state index in [0.29, 0.717) is 24.5 Å². The largest absolute Gasteiger partial charge is 0.491 e. The second-order valence-electron chi connectivity index (χ2n) is 5.41. The number of non-ortho nitro benzene ring substituents is 1. The predicted octanol–water partition coefficient (Wildman–Crippen LogP) is 1.46. The van der Waals surface area contributed by atoms with E-state index in [4.69, 9.17) is 14.2 Å². The molecule has 0 spiro atoms. The number of benzene rings is 2. The van der Waals surface area contributed by atoms with E-state index >= 15 is 0 Å². The predicted molar refractivity (Wildman–Crippen MR) is 98.0 cm³/mol.